The Morgan fingerprint density at radius 3 is 3.05 bits per heavy atom. The standard InChI is InChI=1S/C16H28N2O/c1-3-8-17-11-14-10-16(19-13-14)12-18-9-6-5-7-15(18)4-2/h10,13,15,17H,3-9,11-12H2,1-2H3. The first kappa shape index (κ1) is 14.6. The van der Waals surface area contributed by atoms with Gasteiger partial charge in [-0.15, -0.1) is 0 Å². The minimum absolute atomic E-state index is 0.750. The molecule has 1 atom stereocenters. The molecule has 3 heteroatoms. The molecule has 2 heterocycles. The van der Waals surface area contributed by atoms with Crippen LogP contribution in [0, 0.1) is 0 Å². The van der Waals surface area contributed by atoms with E-state index in [1.54, 1.807) is 0 Å². The molecule has 1 N–H and O–H groups in total. The van der Waals surface area contributed by atoms with Crippen LogP contribution in [0.15, 0.2) is 16.7 Å². The summed E-state index contributed by atoms with van der Waals surface area (Å²) in [5.74, 6) is 1.12. The summed E-state index contributed by atoms with van der Waals surface area (Å²) in [6, 6.07) is 2.96. The van der Waals surface area contributed by atoms with E-state index < -0.39 is 0 Å². The van der Waals surface area contributed by atoms with Gasteiger partial charge in [0.15, 0.2) is 0 Å². The van der Waals surface area contributed by atoms with Crippen LogP contribution in [0.1, 0.15) is 57.3 Å². The van der Waals surface area contributed by atoms with Gasteiger partial charge in [-0.2, -0.15) is 0 Å². The van der Waals surface area contributed by atoms with Crippen LogP contribution >= 0.6 is 0 Å². The van der Waals surface area contributed by atoms with E-state index in [2.05, 4.69) is 30.1 Å². The van der Waals surface area contributed by atoms with Gasteiger partial charge in [0, 0.05) is 18.2 Å². The number of likely N-dealkylation sites (tertiary alicyclic amines) is 1. The third-order valence-electron chi connectivity index (χ3n) is 4.04. The summed E-state index contributed by atoms with van der Waals surface area (Å²) in [6.07, 6.45) is 8.41. The maximum atomic E-state index is 5.71. The van der Waals surface area contributed by atoms with Crippen molar-refractivity contribution in [3.05, 3.63) is 23.7 Å². The van der Waals surface area contributed by atoms with Crippen LogP contribution in [0.25, 0.3) is 0 Å². The average molecular weight is 264 g/mol. The van der Waals surface area contributed by atoms with Gasteiger partial charge in [0.25, 0.3) is 0 Å². The lowest BCUT2D eigenvalue weighted by Crippen LogP contribution is -2.38. The molecular formula is C16H28N2O. The van der Waals surface area contributed by atoms with Crippen molar-refractivity contribution < 1.29 is 4.42 Å². The van der Waals surface area contributed by atoms with E-state index in [4.69, 9.17) is 4.42 Å². The average Bonchev–Trinajstić information content (AvgIpc) is 2.87. The van der Waals surface area contributed by atoms with E-state index in [1.165, 1.54) is 44.2 Å². The fraction of sp³-hybridized carbons (Fsp3) is 0.750. The van der Waals surface area contributed by atoms with Gasteiger partial charge >= 0.3 is 0 Å². The molecule has 0 saturated carbocycles. The highest BCUT2D eigenvalue weighted by atomic mass is 16.3. The van der Waals surface area contributed by atoms with Crippen LogP contribution in [0.4, 0.5) is 0 Å². The summed E-state index contributed by atoms with van der Waals surface area (Å²) in [4.78, 5) is 2.59. The molecule has 0 amide bonds. The SMILES string of the molecule is CCCNCc1coc(CN2CCCCC2CC)c1. The Balaban J connectivity index is 1.84. The molecular weight excluding hydrogens is 236 g/mol. The highest BCUT2D eigenvalue weighted by Crippen LogP contribution is 2.22. The number of hydrogen-bond acceptors (Lipinski definition) is 3. The van der Waals surface area contributed by atoms with Crippen molar-refractivity contribution in [1.82, 2.24) is 10.2 Å². The molecule has 0 spiro atoms. The van der Waals surface area contributed by atoms with E-state index in [-0.39, 0.29) is 0 Å². The van der Waals surface area contributed by atoms with Gasteiger partial charge in [0.05, 0.1) is 12.8 Å². The molecule has 0 bridgehead atoms. The molecule has 1 aromatic heterocycles. The fourth-order valence-electron chi connectivity index (χ4n) is 2.94. The second kappa shape index (κ2) is 7.71. The first-order chi connectivity index (χ1) is 9.33. The van der Waals surface area contributed by atoms with Crippen molar-refractivity contribution in [3.63, 3.8) is 0 Å². The summed E-state index contributed by atoms with van der Waals surface area (Å²) >= 11 is 0. The highest BCUT2D eigenvalue weighted by Gasteiger charge is 2.21. The molecule has 0 aliphatic carbocycles. The molecule has 2 rings (SSSR count). The predicted molar refractivity (Wildman–Crippen MR) is 79.0 cm³/mol. The topological polar surface area (TPSA) is 28.4 Å². The molecule has 1 fully saturated rings. The highest BCUT2D eigenvalue weighted by molar-refractivity contribution is 5.12. The Morgan fingerprint density at radius 2 is 2.26 bits per heavy atom. The molecule has 1 aliphatic rings. The Hall–Kier alpha value is -0.800. The van der Waals surface area contributed by atoms with E-state index in [0.29, 0.717) is 0 Å². The Kier molecular flexibility index (Phi) is 5.93. The number of furan rings is 1. The van der Waals surface area contributed by atoms with Crippen molar-refractivity contribution >= 4 is 0 Å². The van der Waals surface area contributed by atoms with Crippen molar-refractivity contribution in [2.24, 2.45) is 0 Å². The summed E-state index contributed by atoms with van der Waals surface area (Å²) in [5.41, 5.74) is 1.27. The van der Waals surface area contributed by atoms with Crippen LogP contribution in [0.5, 0.6) is 0 Å². The van der Waals surface area contributed by atoms with Crippen molar-refractivity contribution in [2.75, 3.05) is 13.1 Å². The zero-order chi connectivity index (χ0) is 13.5. The fourth-order valence-corrected chi connectivity index (χ4v) is 2.94. The maximum Gasteiger partial charge on any atom is 0.118 e. The van der Waals surface area contributed by atoms with Crippen molar-refractivity contribution in [3.8, 4) is 0 Å². The zero-order valence-electron chi connectivity index (χ0n) is 12.5. The lowest BCUT2D eigenvalue weighted by atomic mass is 10.00. The van der Waals surface area contributed by atoms with Gasteiger partial charge in [-0.3, -0.25) is 4.90 Å². The quantitative estimate of drug-likeness (QED) is 0.764. The molecule has 3 nitrogen and oxygen atoms in total. The smallest absolute Gasteiger partial charge is 0.118 e. The number of piperidine rings is 1. The molecule has 0 aromatic carbocycles. The largest absolute Gasteiger partial charge is 0.468 e. The molecule has 19 heavy (non-hydrogen) atoms. The van der Waals surface area contributed by atoms with E-state index in [9.17, 15) is 0 Å². The number of hydrogen-bond donors (Lipinski definition) is 1. The molecule has 0 radical (unpaired) electrons. The second-order valence-electron chi connectivity index (χ2n) is 5.63. The van der Waals surface area contributed by atoms with Gasteiger partial charge < -0.3 is 9.73 Å². The van der Waals surface area contributed by atoms with Gasteiger partial charge in [0.1, 0.15) is 5.76 Å². The van der Waals surface area contributed by atoms with Crippen LogP contribution in [-0.2, 0) is 13.1 Å². The van der Waals surface area contributed by atoms with E-state index in [0.717, 1.165) is 31.4 Å². The summed E-state index contributed by atoms with van der Waals surface area (Å²) in [5, 5.41) is 3.41. The zero-order valence-corrected chi connectivity index (χ0v) is 12.5. The Bertz CT molecular complexity index is 361. The Morgan fingerprint density at radius 1 is 1.37 bits per heavy atom. The van der Waals surface area contributed by atoms with Crippen LogP contribution in [0.2, 0.25) is 0 Å². The monoisotopic (exact) mass is 264 g/mol. The number of nitrogens with one attached hydrogen (secondary N) is 1. The summed E-state index contributed by atoms with van der Waals surface area (Å²) < 4.78 is 5.71. The molecule has 1 aromatic rings. The molecule has 1 unspecified atom stereocenters. The second-order valence-corrected chi connectivity index (χ2v) is 5.63. The number of nitrogens with zero attached hydrogens (tertiary/aromatic N) is 1. The van der Waals surface area contributed by atoms with Crippen LogP contribution < -0.4 is 5.32 Å². The minimum Gasteiger partial charge on any atom is -0.468 e. The normalized spacial score (nSPS) is 20.8. The van der Waals surface area contributed by atoms with Gasteiger partial charge in [-0.05, 0) is 44.8 Å². The maximum absolute atomic E-state index is 5.71. The van der Waals surface area contributed by atoms with E-state index in [1.807, 2.05) is 6.26 Å². The van der Waals surface area contributed by atoms with Crippen LogP contribution in [-0.4, -0.2) is 24.0 Å². The van der Waals surface area contributed by atoms with Gasteiger partial charge in [-0.1, -0.05) is 20.3 Å². The summed E-state index contributed by atoms with van der Waals surface area (Å²) in [6.45, 7) is 8.69. The van der Waals surface area contributed by atoms with Crippen molar-refractivity contribution in [2.45, 2.75) is 65.1 Å². The lowest BCUT2D eigenvalue weighted by molar-refractivity contribution is 0.126. The van der Waals surface area contributed by atoms with Crippen LogP contribution in [0.3, 0.4) is 0 Å². The third kappa shape index (κ3) is 4.36. The molecule has 1 saturated heterocycles. The predicted octanol–water partition coefficient (Wildman–Crippen LogP) is 3.54. The van der Waals surface area contributed by atoms with E-state index >= 15 is 0 Å². The van der Waals surface area contributed by atoms with Gasteiger partial charge in [-0.25, -0.2) is 0 Å². The third-order valence-corrected chi connectivity index (χ3v) is 4.04. The molecule has 1 aliphatic heterocycles. The first-order valence-corrected chi connectivity index (χ1v) is 7.84. The summed E-state index contributed by atoms with van der Waals surface area (Å²) in [7, 11) is 0. The minimum atomic E-state index is 0.750. The molecule has 108 valence electrons. The Labute approximate surface area is 117 Å². The lowest BCUT2D eigenvalue weighted by Gasteiger charge is -2.34. The number of rotatable bonds is 7. The van der Waals surface area contributed by atoms with Crippen molar-refractivity contribution in [1.29, 1.82) is 0 Å². The van der Waals surface area contributed by atoms with Gasteiger partial charge in [0.2, 0.25) is 0 Å². The first-order valence-electron chi connectivity index (χ1n) is 7.84.